The highest BCUT2D eigenvalue weighted by Crippen LogP contribution is 2.37. The molecule has 0 aliphatic carbocycles. The fourth-order valence-electron chi connectivity index (χ4n) is 1.90. The summed E-state index contributed by atoms with van der Waals surface area (Å²) in [5.74, 6) is -0.279. The molecule has 2 rings (SSSR count). The normalized spacial score (nSPS) is 11.8. The van der Waals surface area contributed by atoms with Gasteiger partial charge in [0.15, 0.2) is 5.78 Å². The van der Waals surface area contributed by atoms with E-state index in [9.17, 15) is 19.5 Å². The van der Waals surface area contributed by atoms with E-state index in [0.29, 0.717) is 11.1 Å². The second-order valence-corrected chi connectivity index (χ2v) is 6.23. The summed E-state index contributed by atoms with van der Waals surface area (Å²) in [4.78, 5) is 39.3. The Morgan fingerprint density at radius 3 is 1.85 bits per heavy atom. The SMILES string of the molecule is O=C(/C=C/c1ccc(OP(=O)(O)O)cc1)/C=C/c1ccc([N+](=O)[O-])cc1. The van der Waals surface area contributed by atoms with Crippen LogP contribution in [0.25, 0.3) is 12.2 Å². The van der Waals surface area contributed by atoms with Crippen LogP contribution in [0.1, 0.15) is 11.1 Å². The van der Waals surface area contributed by atoms with Crippen LogP contribution in [0, 0.1) is 10.1 Å². The molecule has 0 atom stereocenters. The van der Waals surface area contributed by atoms with Gasteiger partial charge in [-0.3, -0.25) is 24.7 Å². The zero-order valence-electron chi connectivity index (χ0n) is 13.3. The van der Waals surface area contributed by atoms with Gasteiger partial charge in [0.2, 0.25) is 0 Å². The van der Waals surface area contributed by atoms with Crippen molar-refractivity contribution in [2.45, 2.75) is 0 Å². The number of nitro groups is 1. The number of phosphoric ester groups is 1. The fourth-order valence-corrected chi connectivity index (χ4v) is 2.29. The molecule has 0 spiro atoms. The number of phosphoric acid groups is 1. The number of hydrogen-bond donors (Lipinski definition) is 2. The Morgan fingerprint density at radius 2 is 1.42 bits per heavy atom. The van der Waals surface area contributed by atoms with Crippen LogP contribution in [0.15, 0.2) is 60.7 Å². The van der Waals surface area contributed by atoms with Crippen LogP contribution in [-0.4, -0.2) is 20.5 Å². The van der Waals surface area contributed by atoms with Crippen LogP contribution in [0.4, 0.5) is 5.69 Å². The smallest absolute Gasteiger partial charge is 0.404 e. The summed E-state index contributed by atoms with van der Waals surface area (Å²) in [6.45, 7) is 0. The molecule has 0 unspecified atom stereocenters. The number of nitro benzene ring substituents is 1. The Hall–Kier alpha value is -3.06. The van der Waals surface area contributed by atoms with E-state index in [0.717, 1.165) is 0 Å². The lowest BCUT2D eigenvalue weighted by Crippen LogP contribution is -1.90. The minimum atomic E-state index is -4.60. The van der Waals surface area contributed by atoms with Crippen molar-refractivity contribution in [3.05, 3.63) is 81.9 Å². The van der Waals surface area contributed by atoms with E-state index in [1.165, 1.54) is 72.8 Å². The van der Waals surface area contributed by atoms with Crippen molar-refractivity contribution in [3.8, 4) is 5.75 Å². The average Bonchev–Trinajstić information content (AvgIpc) is 2.58. The Morgan fingerprint density at radius 1 is 0.962 bits per heavy atom. The number of non-ortho nitro benzene ring substituents is 1. The Kier molecular flexibility index (Phi) is 6.19. The molecule has 0 saturated carbocycles. The van der Waals surface area contributed by atoms with Gasteiger partial charge >= 0.3 is 7.82 Å². The number of carbonyl (C=O) groups excluding carboxylic acids is 1. The van der Waals surface area contributed by atoms with Crippen LogP contribution in [-0.2, 0) is 9.36 Å². The molecule has 0 aliphatic heterocycles. The van der Waals surface area contributed by atoms with Crippen molar-refractivity contribution in [1.29, 1.82) is 0 Å². The number of rotatable bonds is 7. The average molecular weight is 375 g/mol. The number of hydrogen-bond acceptors (Lipinski definition) is 5. The highest BCUT2D eigenvalue weighted by atomic mass is 31.2. The summed E-state index contributed by atoms with van der Waals surface area (Å²) in [5, 5.41) is 10.6. The van der Waals surface area contributed by atoms with Gasteiger partial charge in [-0.05, 0) is 47.5 Å². The Balaban J connectivity index is 1.96. The van der Waals surface area contributed by atoms with Crippen molar-refractivity contribution in [2.75, 3.05) is 0 Å². The van der Waals surface area contributed by atoms with Crippen molar-refractivity contribution in [2.24, 2.45) is 0 Å². The zero-order valence-corrected chi connectivity index (χ0v) is 14.2. The van der Waals surface area contributed by atoms with Gasteiger partial charge in [0.05, 0.1) is 4.92 Å². The first-order valence-corrected chi connectivity index (χ1v) is 8.76. The van der Waals surface area contributed by atoms with Crippen molar-refractivity contribution < 1.29 is 28.6 Å². The maximum atomic E-state index is 11.8. The molecule has 0 aromatic heterocycles. The molecule has 0 saturated heterocycles. The molecule has 2 aromatic rings. The predicted octanol–water partition coefficient (Wildman–Crippen LogP) is 3.36. The lowest BCUT2D eigenvalue weighted by atomic mass is 10.1. The molecule has 9 heteroatoms. The maximum Gasteiger partial charge on any atom is 0.524 e. The van der Waals surface area contributed by atoms with E-state index in [2.05, 4.69) is 4.52 Å². The van der Waals surface area contributed by atoms with E-state index in [-0.39, 0.29) is 17.2 Å². The van der Waals surface area contributed by atoms with E-state index in [4.69, 9.17) is 9.79 Å². The molecule has 0 heterocycles. The highest BCUT2D eigenvalue weighted by molar-refractivity contribution is 7.46. The van der Waals surface area contributed by atoms with Crippen molar-refractivity contribution >= 4 is 31.4 Å². The van der Waals surface area contributed by atoms with Crippen LogP contribution in [0.2, 0.25) is 0 Å². The van der Waals surface area contributed by atoms with E-state index in [1.807, 2.05) is 0 Å². The summed E-state index contributed by atoms with van der Waals surface area (Å²) in [6.07, 6.45) is 5.71. The molecule has 2 N–H and O–H groups in total. The third-order valence-corrected chi connectivity index (χ3v) is 3.54. The molecule has 134 valence electrons. The number of benzene rings is 2. The number of allylic oxidation sites excluding steroid dienone is 2. The number of ketones is 1. The van der Waals surface area contributed by atoms with Gasteiger partial charge in [0.1, 0.15) is 5.75 Å². The maximum absolute atomic E-state index is 11.8. The molecule has 8 nitrogen and oxygen atoms in total. The third-order valence-electron chi connectivity index (χ3n) is 3.09. The Labute approximate surface area is 148 Å². The minimum absolute atomic E-state index is 0.0138. The lowest BCUT2D eigenvalue weighted by molar-refractivity contribution is -0.384. The zero-order chi connectivity index (χ0) is 19.2. The van der Waals surface area contributed by atoms with Crippen LogP contribution < -0.4 is 4.52 Å². The second kappa shape index (κ2) is 8.35. The molecular formula is C17H14NO7P. The largest absolute Gasteiger partial charge is 0.524 e. The minimum Gasteiger partial charge on any atom is -0.404 e. The topological polar surface area (TPSA) is 127 Å². The van der Waals surface area contributed by atoms with Gasteiger partial charge in [-0.2, -0.15) is 0 Å². The van der Waals surface area contributed by atoms with E-state index >= 15 is 0 Å². The lowest BCUT2D eigenvalue weighted by Gasteiger charge is -2.06. The van der Waals surface area contributed by atoms with Gasteiger partial charge in [0.25, 0.3) is 5.69 Å². The molecule has 0 fully saturated rings. The third kappa shape index (κ3) is 6.45. The first-order valence-electron chi connectivity index (χ1n) is 7.23. The molecule has 0 aliphatic rings. The monoisotopic (exact) mass is 375 g/mol. The molecule has 0 amide bonds. The molecular weight excluding hydrogens is 361 g/mol. The van der Waals surface area contributed by atoms with Gasteiger partial charge < -0.3 is 4.52 Å². The molecule has 0 bridgehead atoms. The molecule has 2 aromatic carbocycles. The standard InChI is InChI=1S/C17H14NO7P/c19-16(9-3-13-1-7-15(8-2-13)18(20)21)10-4-14-5-11-17(12-6-14)25-26(22,23)24/h1-12H,(H2,22,23,24)/b9-3+,10-4+. The summed E-state index contributed by atoms with van der Waals surface area (Å²) >= 11 is 0. The second-order valence-electron chi connectivity index (χ2n) is 5.07. The van der Waals surface area contributed by atoms with E-state index in [1.54, 1.807) is 0 Å². The predicted molar refractivity (Wildman–Crippen MR) is 95.3 cm³/mol. The number of nitrogens with zero attached hydrogens (tertiary/aromatic N) is 1. The van der Waals surface area contributed by atoms with E-state index < -0.39 is 12.7 Å². The summed E-state index contributed by atoms with van der Waals surface area (Å²) in [6, 6.07) is 11.6. The first-order chi connectivity index (χ1) is 12.2. The van der Waals surface area contributed by atoms with Gasteiger partial charge in [-0.15, -0.1) is 0 Å². The van der Waals surface area contributed by atoms with Crippen molar-refractivity contribution in [1.82, 2.24) is 0 Å². The van der Waals surface area contributed by atoms with Crippen LogP contribution in [0.5, 0.6) is 5.75 Å². The van der Waals surface area contributed by atoms with Gasteiger partial charge in [-0.25, -0.2) is 4.57 Å². The first kappa shape index (κ1) is 19.3. The highest BCUT2D eigenvalue weighted by Gasteiger charge is 2.15. The Bertz CT molecular complexity index is 896. The molecule has 0 radical (unpaired) electrons. The summed E-state index contributed by atoms with van der Waals surface area (Å²) in [7, 11) is -4.60. The van der Waals surface area contributed by atoms with Crippen LogP contribution in [0.3, 0.4) is 0 Å². The quantitative estimate of drug-likeness (QED) is 0.329. The van der Waals surface area contributed by atoms with Crippen LogP contribution >= 0.6 is 7.82 Å². The van der Waals surface area contributed by atoms with Crippen molar-refractivity contribution in [3.63, 3.8) is 0 Å². The fraction of sp³-hybridized carbons (Fsp3) is 0. The summed E-state index contributed by atoms with van der Waals surface area (Å²) in [5.41, 5.74) is 1.26. The number of carbonyl (C=O) groups is 1. The van der Waals surface area contributed by atoms with Gasteiger partial charge in [0, 0.05) is 12.1 Å². The van der Waals surface area contributed by atoms with Gasteiger partial charge in [-0.1, -0.05) is 24.3 Å². The molecule has 26 heavy (non-hydrogen) atoms. The summed E-state index contributed by atoms with van der Waals surface area (Å²) < 4.78 is 15.1.